The average molecular weight is 387 g/mol. The molecule has 0 aliphatic heterocycles. The fourth-order valence-electron chi connectivity index (χ4n) is 2.01. The second-order valence-corrected chi connectivity index (χ2v) is 6.30. The van der Waals surface area contributed by atoms with Gasteiger partial charge in [-0.25, -0.2) is 0 Å². The van der Waals surface area contributed by atoms with Crippen LogP contribution in [0, 0.1) is 0 Å². The number of benzene rings is 2. The molecule has 0 heterocycles. The highest BCUT2D eigenvalue weighted by Crippen LogP contribution is 2.23. The van der Waals surface area contributed by atoms with Gasteiger partial charge >= 0.3 is 0 Å². The van der Waals surface area contributed by atoms with Crippen LogP contribution < -0.4 is 0 Å². The maximum atomic E-state index is 12.6. The normalized spacial score (nSPS) is 10.5. The van der Waals surface area contributed by atoms with Crippen LogP contribution in [-0.4, -0.2) is 17.4 Å². The molecule has 0 bridgehead atoms. The monoisotopic (exact) mass is 385 g/mol. The topological polar surface area (TPSA) is 20.3 Å². The maximum Gasteiger partial charge on any atom is 0.255 e. The molecule has 0 N–H and O–H groups in total. The molecule has 2 aromatic carbocycles. The Morgan fingerprint density at radius 3 is 2.52 bits per heavy atom. The standard InChI is InChI=1S/C16H14BrCl2NO/c1-2-20(10-11-4-3-5-12(18)8-11)16(21)14-9-13(19)6-7-15(14)17/h3-9H,2,10H2,1H3. The van der Waals surface area contributed by atoms with Crippen LogP contribution >= 0.6 is 39.1 Å². The van der Waals surface area contributed by atoms with E-state index in [1.54, 1.807) is 23.1 Å². The summed E-state index contributed by atoms with van der Waals surface area (Å²) in [5, 5.41) is 1.21. The molecule has 0 spiro atoms. The molecule has 110 valence electrons. The molecule has 0 aliphatic carbocycles. The zero-order valence-electron chi connectivity index (χ0n) is 11.4. The van der Waals surface area contributed by atoms with Gasteiger partial charge in [0.1, 0.15) is 0 Å². The second kappa shape index (κ2) is 7.30. The molecule has 0 saturated carbocycles. The Bertz CT molecular complexity index is 660. The molecule has 0 fully saturated rings. The van der Waals surface area contributed by atoms with E-state index in [2.05, 4.69) is 15.9 Å². The first-order chi connectivity index (χ1) is 10.0. The van der Waals surface area contributed by atoms with Gasteiger partial charge in [0, 0.05) is 27.6 Å². The lowest BCUT2D eigenvalue weighted by atomic mass is 10.1. The second-order valence-electron chi connectivity index (χ2n) is 4.57. The molecular weight excluding hydrogens is 373 g/mol. The Labute approximate surface area is 142 Å². The molecule has 2 nitrogen and oxygen atoms in total. The highest BCUT2D eigenvalue weighted by Gasteiger charge is 2.17. The number of halogens is 3. The van der Waals surface area contributed by atoms with Crippen molar-refractivity contribution in [3.63, 3.8) is 0 Å². The number of carbonyl (C=O) groups is 1. The van der Waals surface area contributed by atoms with E-state index in [0.29, 0.717) is 28.7 Å². The third-order valence-electron chi connectivity index (χ3n) is 3.09. The summed E-state index contributed by atoms with van der Waals surface area (Å²) in [4.78, 5) is 14.4. The Hall–Kier alpha value is -1.03. The van der Waals surface area contributed by atoms with Crippen molar-refractivity contribution in [3.05, 3.63) is 68.1 Å². The van der Waals surface area contributed by atoms with E-state index in [9.17, 15) is 4.79 Å². The first-order valence-electron chi connectivity index (χ1n) is 6.50. The van der Waals surface area contributed by atoms with Crippen molar-refractivity contribution >= 4 is 45.0 Å². The van der Waals surface area contributed by atoms with E-state index >= 15 is 0 Å². The molecule has 0 unspecified atom stereocenters. The third kappa shape index (κ3) is 4.22. The maximum absolute atomic E-state index is 12.6. The molecule has 0 aliphatic rings. The minimum absolute atomic E-state index is 0.0631. The Balaban J connectivity index is 2.24. The fourth-order valence-corrected chi connectivity index (χ4v) is 2.82. The van der Waals surface area contributed by atoms with Gasteiger partial charge in [-0.15, -0.1) is 0 Å². The number of amides is 1. The number of nitrogens with zero attached hydrogens (tertiary/aromatic N) is 1. The van der Waals surface area contributed by atoms with Gasteiger partial charge in [-0.05, 0) is 58.7 Å². The smallest absolute Gasteiger partial charge is 0.255 e. The van der Waals surface area contributed by atoms with Crippen molar-refractivity contribution in [1.82, 2.24) is 4.90 Å². The van der Waals surface area contributed by atoms with Crippen LogP contribution in [0.3, 0.4) is 0 Å². The number of hydrogen-bond donors (Lipinski definition) is 0. The van der Waals surface area contributed by atoms with Crippen LogP contribution in [0.4, 0.5) is 0 Å². The summed E-state index contributed by atoms with van der Waals surface area (Å²) in [6.45, 7) is 3.06. The van der Waals surface area contributed by atoms with Gasteiger partial charge in [0.25, 0.3) is 5.91 Å². The first-order valence-corrected chi connectivity index (χ1v) is 8.05. The molecule has 21 heavy (non-hydrogen) atoms. The Morgan fingerprint density at radius 1 is 1.14 bits per heavy atom. The zero-order chi connectivity index (χ0) is 15.4. The largest absolute Gasteiger partial charge is 0.335 e. The SMILES string of the molecule is CCN(Cc1cccc(Cl)c1)C(=O)c1cc(Cl)ccc1Br. The minimum Gasteiger partial charge on any atom is -0.335 e. The predicted molar refractivity (Wildman–Crippen MR) is 91.0 cm³/mol. The van der Waals surface area contributed by atoms with Gasteiger partial charge in [0.15, 0.2) is 0 Å². The van der Waals surface area contributed by atoms with Crippen molar-refractivity contribution < 1.29 is 4.79 Å². The molecule has 0 radical (unpaired) electrons. The van der Waals surface area contributed by atoms with Crippen molar-refractivity contribution in [3.8, 4) is 0 Å². The zero-order valence-corrected chi connectivity index (χ0v) is 14.5. The van der Waals surface area contributed by atoms with Crippen LogP contribution in [0.5, 0.6) is 0 Å². The van der Waals surface area contributed by atoms with Gasteiger partial charge < -0.3 is 4.90 Å². The van der Waals surface area contributed by atoms with Crippen LogP contribution in [0.15, 0.2) is 46.9 Å². The lowest BCUT2D eigenvalue weighted by molar-refractivity contribution is 0.0751. The van der Waals surface area contributed by atoms with Crippen LogP contribution in [0.2, 0.25) is 10.0 Å². The molecule has 0 atom stereocenters. The van der Waals surface area contributed by atoms with Crippen molar-refractivity contribution in [2.45, 2.75) is 13.5 Å². The molecule has 0 saturated heterocycles. The average Bonchev–Trinajstić information content (AvgIpc) is 2.46. The van der Waals surface area contributed by atoms with E-state index in [-0.39, 0.29) is 5.91 Å². The van der Waals surface area contributed by atoms with Gasteiger partial charge in [0.05, 0.1) is 5.56 Å². The summed E-state index contributed by atoms with van der Waals surface area (Å²) in [6.07, 6.45) is 0. The lowest BCUT2D eigenvalue weighted by Gasteiger charge is -2.22. The van der Waals surface area contributed by atoms with Crippen molar-refractivity contribution in [2.24, 2.45) is 0 Å². The van der Waals surface area contributed by atoms with Crippen LogP contribution in [0.25, 0.3) is 0 Å². The number of carbonyl (C=O) groups excluding carboxylic acids is 1. The van der Waals surface area contributed by atoms with E-state index in [1.165, 1.54) is 0 Å². The van der Waals surface area contributed by atoms with E-state index in [1.807, 2.05) is 31.2 Å². The summed E-state index contributed by atoms with van der Waals surface area (Å²) < 4.78 is 0.737. The third-order valence-corrected chi connectivity index (χ3v) is 4.25. The van der Waals surface area contributed by atoms with E-state index in [4.69, 9.17) is 23.2 Å². The Kier molecular flexibility index (Phi) is 5.68. The molecule has 1 amide bonds. The van der Waals surface area contributed by atoms with Gasteiger partial charge in [-0.3, -0.25) is 4.79 Å². The van der Waals surface area contributed by atoms with Gasteiger partial charge in [0.2, 0.25) is 0 Å². The fraction of sp³-hybridized carbons (Fsp3) is 0.188. The minimum atomic E-state index is -0.0631. The lowest BCUT2D eigenvalue weighted by Crippen LogP contribution is -2.30. The molecular formula is C16H14BrCl2NO. The quantitative estimate of drug-likeness (QED) is 0.687. The van der Waals surface area contributed by atoms with E-state index < -0.39 is 0 Å². The molecule has 2 rings (SSSR count). The van der Waals surface area contributed by atoms with E-state index in [0.717, 1.165) is 10.0 Å². The van der Waals surface area contributed by atoms with Crippen LogP contribution in [-0.2, 0) is 6.54 Å². The highest BCUT2D eigenvalue weighted by atomic mass is 79.9. The summed E-state index contributed by atoms with van der Waals surface area (Å²) in [6, 6.07) is 12.7. The van der Waals surface area contributed by atoms with Crippen molar-refractivity contribution in [2.75, 3.05) is 6.54 Å². The summed E-state index contributed by atoms with van der Waals surface area (Å²) in [5.74, 6) is -0.0631. The number of hydrogen-bond acceptors (Lipinski definition) is 1. The highest BCUT2D eigenvalue weighted by molar-refractivity contribution is 9.10. The first kappa shape index (κ1) is 16.3. The summed E-state index contributed by atoms with van der Waals surface area (Å²) >= 11 is 15.4. The van der Waals surface area contributed by atoms with Gasteiger partial charge in [-0.1, -0.05) is 35.3 Å². The Morgan fingerprint density at radius 2 is 1.86 bits per heavy atom. The molecule has 5 heteroatoms. The molecule has 2 aromatic rings. The van der Waals surface area contributed by atoms with Crippen molar-refractivity contribution in [1.29, 1.82) is 0 Å². The van der Waals surface area contributed by atoms with Crippen LogP contribution in [0.1, 0.15) is 22.8 Å². The molecule has 0 aromatic heterocycles. The predicted octanol–water partition coefficient (Wildman–Crippen LogP) is 5.42. The summed E-state index contributed by atoms with van der Waals surface area (Å²) in [5.41, 5.74) is 1.56. The van der Waals surface area contributed by atoms with Gasteiger partial charge in [-0.2, -0.15) is 0 Å². The summed E-state index contributed by atoms with van der Waals surface area (Å²) in [7, 11) is 0. The number of rotatable bonds is 4.